The fourth-order valence-electron chi connectivity index (χ4n) is 1.76. The number of nitrogens with zero attached hydrogens (tertiary/aromatic N) is 1. The second-order valence-electron chi connectivity index (χ2n) is 4.33. The molecule has 2 aromatic carbocycles. The van der Waals surface area contributed by atoms with Gasteiger partial charge < -0.3 is 5.32 Å². The Bertz CT molecular complexity index is 734. The molecule has 0 atom stereocenters. The summed E-state index contributed by atoms with van der Waals surface area (Å²) in [6.45, 7) is 1.81. The zero-order valence-electron chi connectivity index (χ0n) is 10.9. The molecule has 0 aliphatic heterocycles. The molecular weight excluding hydrogens is 360 g/mol. The van der Waals surface area contributed by atoms with Crippen molar-refractivity contribution in [2.24, 2.45) is 0 Å². The third kappa shape index (κ3) is 3.59. The van der Waals surface area contributed by atoms with Gasteiger partial charge in [-0.15, -0.1) is 0 Å². The first-order chi connectivity index (χ1) is 9.88. The van der Waals surface area contributed by atoms with E-state index in [0.717, 1.165) is 5.56 Å². The maximum atomic E-state index is 12.3. The molecule has 0 aromatic heterocycles. The van der Waals surface area contributed by atoms with Gasteiger partial charge in [0.1, 0.15) is 0 Å². The molecule has 0 saturated heterocycles. The van der Waals surface area contributed by atoms with Gasteiger partial charge in [0.15, 0.2) is 0 Å². The zero-order chi connectivity index (χ0) is 15.6. The molecule has 2 aromatic rings. The summed E-state index contributed by atoms with van der Waals surface area (Å²) < 4.78 is 0.484. The SMILES string of the molecule is Cc1cc(Cl)ccc1NC(=O)c1cc([N+](=O)[O-])ccc1Br. The van der Waals surface area contributed by atoms with Gasteiger partial charge in [-0.1, -0.05) is 11.6 Å². The van der Waals surface area contributed by atoms with Gasteiger partial charge in [0.2, 0.25) is 0 Å². The number of hydrogen-bond acceptors (Lipinski definition) is 3. The lowest BCUT2D eigenvalue weighted by Gasteiger charge is -2.09. The lowest BCUT2D eigenvalue weighted by molar-refractivity contribution is -0.384. The van der Waals surface area contributed by atoms with Crippen LogP contribution in [-0.2, 0) is 0 Å². The Morgan fingerprint density at radius 2 is 2.00 bits per heavy atom. The highest BCUT2D eigenvalue weighted by Crippen LogP contribution is 2.25. The monoisotopic (exact) mass is 368 g/mol. The molecule has 0 aliphatic carbocycles. The van der Waals surface area contributed by atoms with Crippen LogP contribution in [0.2, 0.25) is 5.02 Å². The zero-order valence-corrected chi connectivity index (χ0v) is 13.2. The highest BCUT2D eigenvalue weighted by atomic mass is 79.9. The number of nitro groups is 1. The normalized spacial score (nSPS) is 10.2. The summed E-state index contributed by atoms with van der Waals surface area (Å²) in [6, 6.07) is 9.09. The standard InChI is InChI=1S/C14H10BrClN2O3/c1-8-6-9(16)2-5-13(8)17-14(19)11-7-10(18(20)21)3-4-12(11)15/h2-7H,1H3,(H,17,19). The van der Waals surface area contributed by atoms with Crippen molar-refractivity contribution >= 4 is 44.8 Å². The number of carbonyl (C=O) groups excluding carboxylic acids is 1. The first-order valence-electron chi connectivity index (χ1n) is 5.90. The topological polar surface area (TPSA) is 72.2 Å². The van der Waals surface area contributed by atoms with Gasteiger partial charge in [0.05, 0.1) is 10.5 Å². The fraction of sp³-hybridized carbons (Fsp3) is 0.0714. The van der Waals surface area contributed by atoms with Gasteiger partial charge in [-0.2, -0.15) is 0 Å². The van der Waals surface area contributed by atoms with Gasteiger partial charge in [-0.05, 0) is 52.7 Å². The third-order valence-corrected chi connectivity index (χ3v) is 3.77. The number of nitrogens with one attached hydrogen (secondary N) is 1. The number of non-ortho nitro benzene ring substituents is 1. The molecule has 5 nitrogen and oxygen atoms in total. The molecule has 0 saturated carbocycles. The summed E-state index contributed by atoms with van der Waals surface area (Å²) in [5.74, 6) is -0.434. The molecule has 0 fully saturated rings. The molecule has 0 bridgehead atoms. The summed E-state index contributed by atoms with van der Waals surface area (Å²) in [5.41, 5.74) is 1.45. The second-order valence-corrected chi connectivity index (χ2v) is 5.63. The largest absolute Gasteiger partial charge is 0.322 e. The Labute approximate surface area is 134 Å². The number of anilines is 1. The van der Waals surface area contributed by atoms with Crippen LogP contribution in [0.25, 0.3) is 0 Å². The molecule has 21 heavy (non-hydrogen) atoms. The molecule has 0 heterocycles. The number of halogens is 2. The van der Waals surface area contributed by atoms with Crippen LogP contribution in [0.15, 0.2) is 40.9 Å². The molecule has 7 heteroatoms. The Morgan fingerprint density at radius 3 is 2.62 bits per heavy atom. The quantitative estimate of drug-likeness (QED) is 0.636. The Hall–Kier alpha value is -1.92. The summed E-state index contributed by atoms with van der Waals surface area (Å²) in [4.78, 5) is 22.5. The lowest BCUT2D eigenvalue weighted by atomic mass is 10.1. The van der Waals surface area contributed by atoms with Crippen LogP contribution in [0.1, 0.15) is 15.9 Å². The van der Waals surface area contributed by atoms with Crippen LogP contribution in [0.5, 0.6) is 0 Å². The van der Waals surface area contributed by atoms with E-state index in [4.69, 9.17) is 11.6 Å². The van der Waals surface area contributed by atoms with Gasteiger partial charge >= 0.3 is 0 Å². The molecule has 0 radical (unpaired) electrons. The Kier molecular flexibility index (Phi) is 4.59. The third-order valence-electron chi connectivity index (χ3n) is 2.84. The number of hydrogen-bond donors (Lipinski definition) is 1. The summed E-state index contributed by atoms with van der Waals surface area (Å²) in [5, 5.41) is 14.1. The van der Waals surface area contributed by atoms with Gasteiger partial charge in [0.25, 0.3) is 11.6 Å². The number of rotatable bonds is 3. The van der Waals surface area contributed by atoms with E-state index in [9.17, 15) is 14.9 Å². The first-order valence-corrected chi connectivity index (χ1v) is 7.07. The fourth-order valence-corrected chi connectivity index (χ4v) is 2.41. The molecule has 0 spiro atoms. The van der Waals surface area contributed by atoms with Crippen LogP contribution in [0.4, 0.5) is 11.4 Å². The lowest BCUT2D eigenvalue weighted by Crippen LogP contribution is -2.13. The predicted octanol–water partition coefficient (Wildman–Crippen LogP) is 4.57. The summed E-state index contributed by atoms with van der Waals surface area (Å²) >= 11 is 9.08. The van der Waals surface area contributed by atoms with Crippen LogP contribution in [0.3, 0.4) is 0 Å². The van der Waals surface area contributed by atoms with E-state index in [0.29, 0.717) is 15.2 Å². The molecule has 1 amide bonds. The van der Waals surface area contributed by atoms with Gasteiger partial charge in [0, 0.05) is 27.3 Å². The average molecular weight is 370 g/mol. The molecule has 0 aliphatic rings. The highest BCUT2D eigenvalue weighted by Gasteiger charge is 2.16. The van der Waals surface area contributed by atoms with E-state index in [1.165, 1.54) is 18.2 Å². The van der Waals surface area contributed by atoms with Crippen molar-refractivity contribution < 1.29 is 9.72 Å². The number of nitro benzene ring substituents is 1. The van der Waals surface area contributed by atoms with Crippen LogP contribution in [-0.4, -0.2) is 10.8 Å². The van der Waals surface area contributed by atoms with E-state index in [1.807, 2.05) is 6.92 Å². The van der Waals surface area contributed by atoms with Crippen molar-refractivity contribution in [3.8, 4) is 0 Å². The maximum absolute atomic E-state index is 12.3. The molecule has 0 unspecified atom stereocenters. The van der Waals surface area contributed by atoms with E-state index in [-0.39, 0.29) is 11.3 Å². The smallest absolute Gasteiger partial charge is 0.270 e. The van der Waals surface area contributed by atoms with Crippen molar-refractivity contribution in [2.45, 2.75) is 6.92 Å². The van der Waals surface area contributed by atoms with E-state index < -0.39 is 10.8 Å². The average Bonchev–Trinajstić information content (AvgIpc) is 2.42. The van der Waals surface area contributed by atoms with E-state index >= 15 is 0 Å². The number of amides is 1. The van der Waals surface area contributed by atoms with Gasteiger partial charge in [-0.3, -0.25) is 14.9 Å². The Morgan fingerprint density at radius 1 is 1.29 bits per heavy atom. The van der Waals surface area contributed by atoms with Crippen molar-refractivity contribution in [3.63, 3.8) is 0 Å². The maximum Gasteiger partial charge on any atom is 0.270 e. The summed E-state index contributed by atoms with van der Waals surface area (Å²) in [6.07, 6.45) is 0. The number of benzene rings is 2. The minimum Gasteiger partial charge on any atom is -0.322 e. The molecule has 2 rings (SSSR count). The van der Waals surface area contributed by atoms with Crippen LogP contribution < -0.4 is 5.32 Å². The predicted molar refractivity (Wildman–Crippen MR) is 84.9 cm³/mol. The number of carbonyl (C=O) groups is 1. The first kappa shape index (κ1) is 15.5. The van der Waals surface area contributed by atoms with E-state index in [2.05, 4.69) is 21.2 Å². The summed E-state index contributed by atoms with van der Waals surface area (Å²) in [7, 11) is 0. The van der Waals surface area contributed by atoms with Crippen molar-refractivity contribution in [3.05, 3.63) is 67.1 Å². The molecule has 1 N–H and O–H groups in total. The van der Waals surface area contributed by atoms with E-state index in [1.54, 1.807) is 18.2 Å². The van der Waals surface area contributed by atoms with Crippen molar-refractivity contribution in [1.82, 2.24) is 0 Å². The second kappa shape index (κ2) is 6.24. The minimum absolute atomic E-state index is 0.142. The van der Waals surface area contributed by atoms with Crippen molar-refractivity contribution in [2.75, 3.05) is 5.32 Å². The van der Waals surface area contributed by atoms with Crippen LogP contribution >= 0.6 is 27.5 Å². The van der Waals surface area contributed by atoms with Gasteiger partial charge in [-0.25, -0.2) is 0 Å². The Balaban J connectivity index is 2.32. The van der Waals surface area contributed by atoms with Crippen molar-refractivity contribution in [1.29, 1.82) is 0 Å². The molecular formula is C14H10BrClN2O3. The minimum atomic E-state index is -0.545. The molecule has 108 valence electrons. The number of aryl methyl sites for hydroxylation is 1. The van der Waals surface area contributed by atoms with Crippen LogP contribution in [0, 0.1) is 17.0 Å². The highest BCUT2D eigenvalue weighted by molar-refractivity contribution is 9.10.